The summed E-state index contributed by atoms with van der Waals surface area (Å²) in [7, 11) is 0. The predicted octanol–water partition coefficient (Wildman–Crippen LogP) is 6.30. The van der Waals surface area contributed by atoms with Crippen molar-refractivity contribution in [2.75, 3.05) is 6.61 Å². The van der Waals surface area contributed by atoms with Crippen LogP contribution in [0.3, 0.4) is 0 Å². The summed E-state index contributed by atoms with van der Waals surface area (Å²) in [6.07, 6.45) is 22.1. The van der Waals surface area contributed by atoms with Gasteiger partial charge in [-0.3, -0.25) is 0 Å². The molecule has 0 aromatic heterocycles. The fourth-order valence-electron chi connectivity index (χ4n) is 4.49. The zero-order valence-corrected chi connectivity index (χ0v) is 14.6. The highest BCUT2D eigenvalue weighted by Crippen LogP contribution is 2.41. The Kier molecular flexibility index (Phi) is 8.30. The first-order valence-electron chi connectivity index (χ1n) is 9.67. The van der Waals surface area contributed by atoms with Gasteiger partial charge in [0.2, 0.25) is 0 Å². The van der Waals surface area contributed by atoms with E-state index in [1.807, 2.05) is 6.08 Å². The Balaban J connectivity index is 1.61. The Hall–Kier alpha value is -0.560. The van der Waals surface area contributed by atoms with Crippen molar-refractivity contribution in [3.63, 3.8) is 0 Å². The zero-order valence-electron chi connectivity index (χ0n) is 14.6. The van der Waals surface area contributed by atoms with E-state index in [4.69, 9.17) is 4.74 Å². The fourth-order valence-corrected chi connectivity index (χ4v) is 4.49. The molecule has 2 fully saturated rings. The molecule has 0 bridgehead atoms. The molecule has 0 aliphatic heterocycles. The van der Waals surface area contributed by atoms with Crippen LogP contribution in [0.25, 0.3) is 0 Å². The largest absolute Gasteiger partial charge is 0.378 e. The lowest BCUT2D eigenvalue weighted by molar-refractivity contribution is 0.00916. The maximum atomic E-state index is 5.95. The summed E-state index contributed by atoms with van der Waals surface area (Å²) < 4.78 is 5.95. The molecule has 0 aromatic rings. The average molecular weight is 305 g/mol. The van der Waals surface area contributed by atoms with Crippen LogP contribution in [-0.2, 0) is 4.74 Å². The monoisotopic (exact) mass is 304 g/mol. The smallest absolute Gasteiger partial charge is 0.0575 e. The van der Waals surface area contributed by atoms with Crippen LogP contribution in [0.15, 0.2) is 24.8 Å². The first-order chi connectivity index (χ1) is 10.8. The third-order valence-corrected chi connectivity index (χ3v) is 5.93. The number of hydrogen-bond acceptors (Lipinski definition) is 1. The summed E-state index contributed by atoms with van der Waals surface area (Å²) in [4.78, 5) is 0. The molecule has 0 N–H and O–H groups in total. The lowest BCUT2D eigenvalue weighted by Crippen LogP contribution is -2.28. The van der Waals surface area contributed by atoms with Gasteiger partial charge in [-0.2, -0.15) is 0 Å². The minimum atomic E-state index is 0.536. The maximum Gasteiger partial charge on any atom is 0.0575 e. The van der Waals surface area contributed by atoms with Gasteiger partial charge < -0.3 is 4.74 Å². The molecule has 2 aliphatic carbocycles. The Morgan fingerprint density at radius 1 is 0.909 bits per heavy atom. The highest BCUT2D eigenvalue weighted by atomic mass is 16.5. The highest BCUT2D eigenvalue weighted by molar-refractivity contribution is 4.84. The van der Waals surface area contributed by atoms with Gasteiger partial charge in [-0.25, -0.2) is 0 Å². The van der Waals surface area contributed by atoms with Crippen LogP contribution < -0.4 is 0 Å². The van der Waals surface area contributed by atoms with Crippen LogP contribution >= 0.6 is 0 Å². The van der Waals surface area contributed by atoms with Crippen LogP contribution in [0, 0.1) is 17.8 Å². The number of rotatable bonds is 8. The highest BCUT2D eigenvalue weighted by Gasteiger charge is 2.30. The van der Waals surface area contributed by atoms with E-state index in [-0.39, 0.29) is 0 Å². The van der Waals surface area contributed by atoms with Gasteiger partial charge in [0, 0.05) is 0 Å². The molecular weight excluding hydrogens is 268 g/mol. The van der Waals surface area contributed by atoms with E-state index in [1.165, 1.54) is 64.2 Å². The molecular formula is C21H36O. The van der Waals surface area contributed by atoms with Crippen LogP contribution in [0.2, 0.25) is 0 Å². The van der Waals surface area contributed by atoms with Gasteiger partial charge in [-0.1, -0.05) is 31.1 Å². The van der Waals surface area contributed by atoms with Crippen molar-refractivity contribution < 1.29 is 4.74 Å². The van der Waals surface area contributed by atoms with Gasteiger partial charge in [-0.05, 0) is 82.5 Å². The Labute approximate surface area is 138 Å². The third-order valence-electron chi connectivity index (χ3n) is 5.93. The van der Waals surface area contributed by atoms with E-state index in [1.54, 1.807) is 0 Å². The second-order valence-electron chi connectivity index (χ2n) is 7.41. The quantitative estimate of drug-likeness (QED) is 0.377. The molecule has 0 spiro atoms. The molecule has 0 amide bonds. The van der Waals surface area contributed by atoms with Crippen LogP contribution in [-0.4, -0.2) is 12.7 Å². The summed E-state index contributed by atoms with van der Waals surface area (Å²) in [5.41, 5.74) is 0. The first-order valence-corrected chi connectivity index (χ1v) is 9.67. The van der Waals surface area contributed by atoms with Gasteiger partial charge in [-0.15, -0.1) is 6.58 Å². The molecule has 0 atom stereocenters. The van der Waals surface area contributed by atoms with Gasteiger partial charge in [0.05, 0.1) is 12.7 Å². The average Bonchev–Trinajstić information content (AvgIpc) is 2.57. The number of hydrogen-bond donors (Lipinski definition) is 0. The summed E-state index contributed by atoms with van der Waals surface area (Å²) in [5, 5.41) is 0. The molecule has 1 nitrogen and oxygen atoms in total. The minimum Gasteiger partial charge on any atom is -0.378 e. The molecule has 2 saturated carbocycles. The number of allylic oxidation sites excluding steroid dienone is 2. The molecule has 126 valence electrons. The molecule has 2 aliphatic rings. The third kappa shape index (κ3) is 5.91. The molecule has 0 heterocycles. The van der Waals surface area contributed by atoms with Crippen molar-refractivity contribution in [1.29, 1.82) is 0 Å². The lowest BCUT2D eigenvalue weighted by atomic mass is 9.70. The van der Waals surface area contributed by atoms with Gasteiger partial charge in [0.25, 0.3) is 0 Å². The van der Waals surface area contributed by atoms with Crippen molar-refractivity contribution in [2.45, 2.75) is 83.7 Å². The molecule has 0 unspecified atom stereocenters. The van der Waals surface area contributed by atoms with E-state index < -0.39 is 0 Å². The number of ether oxygens (including phenoxy) is 1. The van der Waals surface area contributed by atoms with Crippen molar-refractivity contribution in [1.82, 2.24) is 0 Å². The normalized spacial score (nSPS) is 33.1. The first kappa shape index (κ1) is 17.8. The second kappa shape index (κ2) is 10.3. The van der Waals surface area contributed by atoms with E-state index in [0.717, 1.165) is 30.8 Å². The molecule has 22 heavy (non-hydrogen) atoms. The fraction of sp³-hybridized carbons (Fsp3) is 0.810. The van der Waals surface area contributed by atoms with Crippen LogP contribution in [0.5, 0.6) is 0 Å². The Morgan fingerprint density at radius 2 is 1.55 bits per heavy atom. The SMILES string of the molecule is C=CCCOC1CCC(C2CCC(CC/C=C/C)CC2)CC1. The molecule has 1 heteroatoms. The van der Waals surface area contributed by atoms with E-state index in [9.17, 15) is 0 Å². The summed E-state index contributed by atoms with van der Waals surface area (Å²) in [6, 6.07) is 0. The lowest BCUT2D eigenvalue weighted by Gasteiger charge is -2.37. The van der Waals surface area contributed by atoms with Gasteiger partial charge >= 0.3 is 0 Å². The molecule has 0 radical (unpaired) electrons. The van der Waals surface area contributed by atoms with Gasteiger partial charge in [0.15, 0.2) is 0 Å². The summed E-state index contributed by atoms with van der Waals surface area (Å²) in [5.74, 6) is 3.02. The topological polar surface area (TPSA) is 9.23 Å². The molecule has 0 saturated heterocycles. The standard InChI is InChI=1S/C21H36O/c1-3-5-7-8-18-9-11-19(12-10-18)20-13-15-21(16-14-20)22-17-6-4-2/h3-5,18-21H,2,6-17H2,1H3/b5-3+. The summed E-state index contributed by atoms with van der Waals surface area (Å²) in [6.45, 7) is 6.77. The Morgan fingerprint density at radius 3 is 2.14 bits per heavy atom. The van der Waals surface area contributed by atoms with Crippen molar-refractivity contribution in [3.8, 4) is 0 Å². The molecule has 0 aromatic carbocycles. The zero-order chi connectivity index (χ0) is 15.6. The van der Waals surface area contributed by atoms with E-state index >= 15 is 0 Å². The van der Waals surface area contributed by atoms with E-state index in [0.29, 0.717) is 6.10 Å². The van der Waals surface area contributed by atoms with Gasteiger partial charge in [0.1, 0.15) is 0 Å². The van der Waals surface area contributed by atoms with Crippen molar-refractivity contribution in [2.24, 2.45) is 17.8 Å². The predicted molar refractivity (Wildman–Crippen MR) is 96.0 cm³/mol. The van der Waals surface area contributed by atoms with Crippen molar-refractivity contribution >= 4 is 0 Å². The second-order valence-corrected chi connectivity index (χ2v) is 7.41. The maximum absolute atomic E-state index is 5.95. The minimum absolute atomic E-state index is 0.536. The van der Waals surface area contributed by atoms with Crippen molar-refractivity contribution in [3.05, 3.63) is 24.8 Å². The van der Waals surface area contributed by atoms with E-state index in [2.05, 4.69) is 25.7 Å². The Bertz CT molecular complexity index is 317. The van der Waals surface area contributed by atoms with Crippen LogP contribution in [0.1, 0.15) is 77.6 Å². The summed E-state index contributed by atoms with van der Waals surface area (Å²) >= 11 is 0. The molecule has 2 rings (SSSR count). The van der Waals surface area contributed by atoms with Crippen LogP contribution in [0.4, 0.5) is 0 Å².